The zero-order valence-corrected chi connectivity index (χ0v) is 23.6. The molecule has 0 fully saturated rings. The molecule has 3 N–H and O–H groups in total. The van der Waals surface area contributed by atoms with E-state index in [-0.39, 0.29) is 37.4 Å². The van der Waals surface area contributed by atoms with Gasteiger partial charge in [-0.25, -0.2) is 0 Å². The Labute approximate surface area is 240 Å². The third kappa shape index (κ3) is 7.83. The zero-order valence-electron chi connectivity index (χ0n) is 23.6. The molecule has 0 spiro atoms. The van der Waals surface area contributed by atoms with E-state index in [0.717, 1.165) is 11.1 Å². The maximum absolute atomic E-state index is 12.6. The molecule has 3 amide bonds. The molecule has 0 aliphatic heterocycles. The lowest BCUT2D eigenvalue weighted by molar-refractivity contribution is -0.117. The second-order valence-corrected chi connectivity index (χ2v) is 9.36. The molecule has 9 heteroatoms. The van der Waals surface area contributed by atoms with Gasteiger partial charge in [0, 0.05) is 49.7 Å². The Balaban J connectivity index is 1.91. The molecular weight excluding hydrogens is 520 g/mol. The minimum absolute atomic E-state index is 0.0950. The van der Waals surface area contributed by atoms with Crippen molar-refractivity contribution < 1.29 is 24.2 Å². The van der Waals surface area contributed by atoms with Crippen molar-refractivity contribution in [3.05, 3.63) is 103 Å². The molecule has 0 aromatic heterocycles. The molecule has 41 heavy (non-hydrogen) atoms. The van der Waals surface area contributed by atoms with Crippen LogP contribution in [0.2, 0.25) is 0 Å². The second kappa shape index (κ2) is 14.5. The van der Waals surface area contributed by atoms with Gasteiger partial charge in [0.2, 0.25) is 11.8 Å². The van der Waals surface area contributed by atoms with Crippen LogP contribution in [0.4, 0.5) is 11.4 Å². The normalized spacial score (nSPS) is 11.1. The fraction of sp³-hybridized carbons (Fsp3) is 0.219. The van der Waals surface area contributed by atoms with Crippen molar-refractivity contribution in [1.82, 2.24) is 10.2 Å². The number of nitrogens with one attached hydrogen (secondary N) is 2. The summed E-state index contributed by atoms with van der Waals surface area (Å²) in [5.41, 5.74) is 4.24. The number of ether oxygens (including phenoxy) is 1. The predicted molar refractivity (Wildman–Crippen MR) is 162 cm³/mol. The van der Waals surface area contributed by atoms with E-state index in [0.29, 0.717) is 28.3 Å². The summed E-state index contributed by atoms with van der Waals surface area (Å²) >= 11 is 0. The number of hydrogen-bond acceptors (Lipinski definition) is 6. The number of hydrogen-bond donors (Lipinski definition) is 3. The number of anilines is 2. The van der Waals surface area contributed by atoms with Gasteiger partial charge >= 0.3 is 0 Å². The molecule has 0 saturated heterocycles. The number of benzene rings is 3. The fourth-order valence-corrected chi connectivity index (χ4v) is 4.30. The van der Waals surface area contributed by atoms with Crippen LogP contribution in [0.15, 0.2) is 92.0 Å². The van der Waals surface area contributed by atoms with Crippen LogP contribution >= 0.6 is 0 Å². The highest BCUT2D eigenvalue weighted by Gasteiger charge is 2.19. The monoisotopic (exact) mass is 556 g/mol. The molecule has 1 atom stereocenters. The summed E-state index contributed by atoms with van der Waals surface area (Å²) in [4.78, 5) is 39.7. The number of aliphatic hydroxyl groups is 1. The average Bonchev–Trinajstić information content (AvgIpc) is 3.00. The average molecular weight is 557 g/mol. The molecular formula is C32H36N4O5. The summed E-state index contributed by atoms with van der Waals surface area (Å²) in [7, 11) is 4.98. The highest BCUT2D eigenvalue weighted by atomic mass is 16.5. The van der Waals surface area contributed by atoms with E-state index in [9.17, 15) is 19.5 Å². The van der Waals surface area contributed by atoms with E-state index in [1.807, 2.05) is 42.5 Å². The smallest absolute Gasteiger partial charge is 0.253 e. The number of aliphatic hydroxyl groups excluding tert-OH is 1. The van der Waals surface area contributed by atoms with Gasteiger partial charge in [0.15, 0.2) is 0 Å². The Hall–Kier alpha value is -4.89. The molecule has 9 nitrogen and oxygen atoms in total. The summed E-state index contributed by atoms with van der Waals surface area (Å²) in [6.45, 7) is 7.23. The van der Waals surface area contributed by atoms with Crippen LogP contribution in [-0.2, 0) is 9.59 Å². The van der Waals surface area contributed by atoms with E-state index in [1.54, 1.807) is 45.5 Å². The number of nitrogens with zero attached hydrogens (tertiary/aromatic N) is 2. The maximum Gasteiger partial charge on any atom is 0.253 e. The first-order chi connectivity index (χ1) is 19.7. The SMILES string of the molecule is C=CC(=O)NCCN(C(=O)C=C)c1cccc(NC(CO)c2cc(-c3cccc(C(=O)N(C)C)c3)ccc2OC)c1. The number of rotatable bonds is 13. The topological polar surface area (TPSA) is 111 Å². The molecule has 0 saturated carbocycles. The zero-order chi connectivity index (χ0) is 29.9. The van der Waals surface area contributed by atoms with Crippen molar-refractivity contribution in [2.75, 3.05) is 51.1 Å². The van der Waals surface area contributed by atoms with Gasteiger partial charge in [0.05, 0.1) is 19.8 Å². The molecule has 3 aromatic carbocycles. The Morgan fingerprint density at radius 1 is 0.976 bits per heavy atom. The quantitative estimate of drug-likeness (QED) is 0.274. The lowest BCUT2D eigenvalue weighted by atomic mass is 9.97. The fourth-order valence-electron chi connectivity index (χ4n) is 4.30. The van der Waals surface area contributed by atoms with Gasteiger partial charge in [-0.3, -0.25) is 14.4 Å². The summed E-state index contributed by atoms with van der Waals surface area (Å²) in [5.74, 6) is -0.164. The third-order valence-corrected chi connectivity index (χ3v) is 6.40. The minimum Gasteiger partial charge on any atom is -0.496 e. The molecule has 1 unspecified atom stereocenters. The largest absolute Gasteiger partial charge is 0.496 e. The van der Waals surface area contributed by atoms with Crippen LogP contribution in [0, 0.1) is 0 Å². The van der Waals surface area contributed by atoms with Gasteiger partial charge in [-0.15, -0.1) is 0 Å². The Morgan fingerprint density at radius 2 is 1.71 bits per heavy atom. The van der Waals surface area contributed by atoms with E-state index in [4.69, 9.17) is 4.74 Å². The number of methoxy groups -OCH3 is 1. The van der Waals surface area contributed by atoms with E-state index >= 15 is 0 Å². The Morgan fingerprint density at radius 3 is 2.37 bits per heavy atom. The summed E-state index contributed by atoms with van der Waals surface area (Å²) in [6.07, 6.45) is 2.38. The van der Waals surface area contributed by atoms with Crippen LogP contribution in [0.25, 0.3) is 11.1 Å². The van der Waals surface area contributed by atoms with Gasteiger partial charge < -0.3 is 30.3 Å². The standard InChI is InChI=1S/C32H36N4O5/c1-6-30(38)33-16-17-36(31(39)7-2)26-13-9-12-25(20-26)34-28(21-37)27-19-23(14-15-29(27)41-5)22-10-8-11-24(18-22)32(40)35(3)4/h6-15,18-20,28,34,37H,1-2,16-17,21H2,3-5H3,(H,33,38). The van der Waals surface area contributed by atoms with E-state index in [1.165, 1.54) is 22.0 Å². The highest BCUT2D eigenvalue weighted by molar-refractivity contribution is 6.01. The van der Waals surface area contributed by atoms with Crippen LogP contribution < -0.4 is 20.3 Å². The highest BCUT2D eigenvalue weighted by Crippen LogP contribution is 2.33. The molecule has 3 rings (SSSR count). The molecule has 0 aliphatic rings. The van der Waals surface area contributed by atoms with Crippen LogP contribution in [-0.4, -0.2) is 68.6 Å². The Bertz CT molecular complexity index is 1420. The van der Waals surface area contributed by atoms with Crippen molar-refractivity contribution in [1.29, 1.82) is 0 Å². The van der Waals surface area contributed by atoms with Gasteiger partial charge in [-0.1, -0.05) is 37.4 Å². The predicted octanol–water partition coefficient (Wildman–Crippen LogP) is 4.03. The molecule has 214 valence electrons. The molecule has 3 aromatic rings. The van der Waals surface area contributed by atoms with Crippen molar-refractivity contribution in [3.8, 4) is 16.9 Å². The number of carbonyl (C=O) groups excluding carboxylic acids is 3. The van der Waals surface area contributed by atoms with Gasteiger partial charge in [0.1, 0.15) is 5.75 Å². The first-order valence-electron chi connectivity index (χ1n) is 13.0. The van der Waals surface area contributed by atoms with Crippen molar-refractivity contribution in [2.45, 2.75) is 6.04 Å². The van der Waals surface area contributed by atoms with Crippen LogP contribution in [0.1, 0.15) is 22.0 Å². The summed E-state index contributed by atoms with van der Waals surface area (Å²) in [5, 5.41) is 16.4. The first-order valence-corrected chi connectivity index (χ1v) is 13.0. The van der Waals surface area contributed by atoms with Gasteiger partial charge in [0.25, 0.3) is 5.91 Å². The summed E-state index contributed by atoms with van der Waals surface area (Å²) < 4.78 is 5.61. The van der Waals surface area contributed by atoms with Crippen molar-refractivity contribution in [2.24, 2.45) is 0 Å². The van der Waals surface area contributed by atoms with Crippen molar-refractivity contribution >= 4 is 29.1 Å². The second-order valence-electron chi connectivity index (χ2n) is 9.36. The molecule has 0 heterocycles. The van der Waals surface area contributed by atoms with Gasteiger partial charge in [-0.05, 0) is 65.7 Å². The maximum atomic E-state index is 12.6. The van der Waals surface area contributed by atoms with Crippen LogP contribution in [0.3, 0.4) is 0 Å². The third-order valence-electron chi connectivity index (χ3n) is 6.40. The first kappa shape index (κ1) is 30.6. The minimum atomic E-state index is -0.554. The Kier molecular flexibility index (Phi) is 10.8. The van der Waals surface area contributed by atoms with Gasteiger partial charge in [-0.2, -0.15) is 0 Å². The molecule has 0 aliphatic carbocycles. The lowest BCUT2D eigenvalue weighted by Gasteiger charge is -2.24. The van der Waals surface area contributed by atoms with Crippen LogP contribution in [0.5, 0.6) is 5.75 Å². The molecule has 0 bridgehead atoms. The number of carbonyl (C=O) groups is 3. The van der Waals surface area contributed by atoms with E-state index < -0.39 is 6.04 Å². The molecule has 0 radical (unpaired) electrons. The lowest BCUT2D eigenvalue weighted by Crippen LogP contribution is -2.37. The van der Waals surface area contributed by atoms with E-state index in [2.05, 4.69) is 23.8 Å². The summed E-state index contributed by atoms with van der Waals surface area (Å²) in [6, 6.07) is 19.6. The van der Waals surface area contributed by atoms with Crippen molar-refractivity contribution in [3.63, 3.8) is 0 Å². The number of amides is 3.